The summed E-state index contributed by atoms with van der Waals surface area (Å²) in [5.74, 6) is -4.64. The quantitative estimate of drug-likeness (QED) is 0.322. The first-order valence-electron chi connectivity index (χ1n) is 11.1. The number of aliphatic hydroxyl groups is 1. The molecule has 1 aromatic rings. The topological polar surface area (TPSA) is 77.8 Å². The summed E-state index contributed by atoms with van der Waals surface area (Å²) < 4.78 is 29.1. The number of aliphatic carboxylic acids is 1. The maximum atomic E-state index is 14.6. The zero-order chi connectivity index (χ0) is 23.9. The van der Waals surface area contributed by atoms with Gasteiger partial charge in [-0.3, -0.25) is 9.59 Å². The molecule has 0 saturated carbocycles. The molecule has 2 rings (SSSR count). The van der Waals surface area contributed by atoms with E-state index >= 15 is 0 Å². The standard InChI is InChI=1S/C24H32ClF2NO4/c1-16(2)20(23(31)32)9-4-3-5-14-28-19(11-13-22(28)30)10-12-21(29)24(26,27)17-7-6-8-18(25)15-17/h6-8,10,12,15-16,19-21,29H,3-5,9,11,13-14H2,1-2H3,(H,31,32)/b12-10+/t19-,20?,21+/m0/s1. The number of benzene rings is 1. The zero-order valence-corrected chi connectivity index (χ0v) is 19.3. The molecule has 1 saturated heterocycles. The summed E-state index contributed by atoms with van der Waals surface area (Å²) in [6, 6.07) is 4.88. The Hall–Kier alpha value is -1.99. The molecule has 1 aromatic carbocycles. The van der Waals surface area contributed by atoms with Crippen LogP contribution in [0.4, 0.5) is 8.78 Å². The average molecular weight is 472 g/mol. The highest BCUT2D eigenvalue weighted by atomic mass is 35.5. The fourth-order valence-corrected chi connectivity index (χ4v) is 4.22. The van der Waals surface area contributed by atoms with E-state index in [2.05, 4.69) is 0 Å². The second kappa shape index (κ2) is 11.8. The van der Waals surface area contributed by atoms with Crippen LogP contribution in [0.1, 0.15) is 57.9 Å². The van der Waals surface area contributed by atoms with Gasteiger partial charge in [-0.25, -0.2) is 0 Å². The van der Waals surface area contributed by atoms with Gasteiger partial charge in [-0.2, -0.15) is 8.78 Å². The van der Waals surface area contributed by atoms with Crippen molar-refractivity contribution in [2.75, 3.05) is 6.54 Å². The van der Waals surface area contributed by atoms with Crippen LogP contribution in [0.5, 0.6) is 0 Å². The third kappa shape index (κ3) is 7.01. The lowest BCUT2D eigenvalue weighted by atomic mass is 9.90. The Morgan fingerprint density at radius 1 is 1.31 bits per heavy atom. The molecular weight excluding hydrogens is 440 g/mol. The first-order valence-corrected chi connectivity index (χ1v) is 11.4. The maximum Gasteiger partial charge on any atom is 0.306 e. The van der Waals surface area contributed by atoms with Crippen molar-refractivity contribution in [3.63, 3.8) is 0 Å². The summed E-state index contributed by atoms with van der Waals surface area (Å²) in [4.78, 5) is 25.1. The van der Waals surface area contributed by atoms with E-state index in [1.807, 2.05) is 13.8 Å². The van der Waals surface area contributed by atoms with Gasteiger partial charge in [0.2, 0.25) is 5.91 Å². The number of alkyl halides is 2. The van der Waals surface area contributed by atoms with E-state index in [4.69, 9.17) is 11.6 Å². The molecule has 5 nitrogen and oxygen atoms in total. The average Bonchev–Trinajstić information content (AvgIpc) is 3.07. The van der Waals surface area contributed by atoms with Crippen LogP contribution in [0.2, 0.25) is 5.02 Å². The van der Waals surface area contributed by atoms with Crippen molar-refractivity contribution < 1.29 is 28.6 Å². The van der Waals surface area contributed by atoms with E-state index < -0.39 is 18.0 Å². The minimum absolute atomic E-state index is 0.0404. The summed E-state index contributed by atoms with van der Waals surface area (Å²) in [6.45, 7) is 4.26. The van der Waals surface area contributed by atoms with E-state index in [1.54, 1.807) is 4.90 Å². The van der Waals surface area contributed by atoms with E-state index in [0.717, 1.165) is 25.0 Å². The van der Waals surface area contributed by atoms with Crippen LogP contribution >= 0.6 is 11.6 Å². The predicted molar refractivity (Wildman–Crippen MR) is 120 cm³/mol. The predicted octanol–water partition coefficient (Wildman–Crippen LogP) is 5.26. The van der Waals surface area contributed by atoms with E-state index in [9.17, 15) is 28.6 Å². The van der Waals surface area contributed by atoms with Crippen LogP contribution in [-0.2, 0) is 15.5 Å². The highest BCUT2D eigenvalue weighted by Gasteiger charge is 2.39. The number of halogens is 3. The lowest BCUT2D eigenvalue weighted by Crippen LogP contribution is -2.34. The van der Waals surface area contributed by atoms with E-state index in [0.29, 0.717) is 32.2 Å². The highest BCUT2D eigenvalue weighted by Crippen LogP contribution is 2.34. The van der Waals surface area contributed by atoms with Gasteiger partial charge in [0, 0.05) is 23.6 Å². The van der Waals surface area contributed by atoms with Gasteiger partial charge >= 0.3 is 11.9 Å². The minimum Gasteiger partial charge on any atom is -0.481 e. The molecule has 3 atom stereocenters. The van der Waals surface area contributed by atoms with Crippen LogP contribution in [-0.4, -0.2) is 45.7 Å². The van der Waals surface area contributed by atoms with Crippen LogP contribution in [0.25, 0.3) is 0 Å². The molecule has 0 bridgehead atoms. The third-order valence-electron chi connectivity index (χ3n) is 6.01. The van der Waals surface area contributed by atoms with Crippen molar-refractivity contribution >= 4 is 23.5 Å². The highest BCUT2D eigenvalue weighted by molar-refractivity contribution is 6.30. The fourth-order valence-electron chi connectivity index (χ4n) is 4.03. The van der Waals surface area contributed by atoms with Gasteiger partial charge in [-0.05, 0) is 37.3 Å². The molecular formula is C24H32ClF2NO4. The number of hydrogen-bond acceptors (Lipinski definition) is 3. The molecule has 1 amide bonds. The number of amides is 1. The summed E-state index contributed by atoms with van der Waals surface area (Å²) >= 11 is 5.78. The first-order chi connectivity index (χ1) is 15.0. The summed E-state index contributed by atoms with van der Waals surface area (Å²) in [5, 5.41) is 19.5. The molecule has 8 heteroatoms. The number of rotatable bonds is 12. The molecule has 1 aliphatic heterocycles. The third-order valence-corrected chi connectivity index (χ3v) is 6.24. The van der Waals surface area contributed by atoms with Crippen LogP contribution in [0.15, 0.2) is 36.4 Å². The monoisotopic (exact) mass is 471 g/mol. The Labute approximate surface area is 193 Å². The van der Waals surface area contributed by atoms with Gasteiger partial charge in [0.25, 0.3) is 0 Å². The Morgan fingerprint density at radius 2 is 2.03 bits per heavy atom. The first kappa shape index (κ1) is 26.3. The molecule has 2 N–H and O–H groups in total. The Balaban J connectivity index is 1.89. The number of nitrogens with zero attached hydrogens (tertiary/aromatic N) is 1. The van der Waals surface area contributed by atoms with Gasteiger partial charge in [0.1, 0.15) is 6.10 Å². The van der Waals surface area contributed by atoms with Crippen molar-refractivity contribution in [1.29, 1.82) is 0 Å². The lowest BCUT2D eigenvalue weighted by Gasteiger charge is -2.24. The van der Waals surface area contributed by atoms with Gasteiger partial charge in [-0.15, -0.1) is 0 Å². The van der Waals surface area contributed by atoms with Crippen molar-refractivity contribution in [2.24, 2.45) is 11.8 Å². The molecule has 1 fully saturated rings. The SMILES string of the molecule is CC(C)C(CCCCCN1C(=O)CC[C@@H]1/C=C/[C@@H](O)C(F)(F)c1cccc(Cl)c1)C(=O)O. The number of carbonyl (C=O) groups excluding carboxylic acids is 1. The van der Waals surface area contributed by atoms with E-state index in [-0.39, 0.29) is 34.4 Å². The fraction of sp³-hybridized carbons (Fsp3) is 0.583. The summed E-state index contributed by atoms with van der Waals surface area (Å²) in [6.07, 6.45) is 4.18. The van der Waals surface area contributed by atoms with Crippen LogP contribution in [0.3, 0.4) is 0 Å². The summed E-state index contributed by atoms with van der Waals surface area (Å²) in [7, 11) is 0. The van der Waals surface area contributed by atoms with Gasteiger partial charge in [-0.1, -0.05) is 62.6 Å². The van der Waals surface area contributed by atoms with Crippen molar-refractivity contribution in [2.45, 2.75) is 70.4 Å². The Morgan fingerprint density at radius 3 is 2.66 bits per heavy atom. The molecule has 0 aromatic heterocycles. The minimum atomic E-state index is -3.51. The maximum absolute atomic E-state index is 14.6. The smallest absolute Gasteiger partial charge is 0.306 e. The van der Waals surface area contributed by atoms with Gasteiger partial charge in [0.05, 0.1) is 12.0 Å². The number of unbranched alkanes of at least 4 members (excludes halogenated alkanes) is 2. The second-order valence-corrected chi connectivity index (χ2v) is 9.13. The number of likely N-dealkylation sites (tertiary alicyclic amines) is 1. The number of aliphatic hydroxyl groups excluding tert-OH is 1. The molecule has 1 aliphatic rings. The van der Waals surface area contributed by atoms with Crippen molar-refractivity contribution in [3.8, 4) is 0 Å². The number of carbonyl (C=O) groups is 2. The number of carboxylic acid groups (broad SMARTS) is 1. The van der Waals surface area contributed by atoms with Crippen molar-refractivity contribution in [3.05, 3.63) is 47.0 Å². The van der Waals surface area contributed by atoms with Gasteiger partial charge in [0.15, 0.2) is 0 Å². The lowest BCUT2D eigenvalue weighted by molar-refractivity contribution is -0.143. The molecule has 0 radical (unpaired) electrons. The molecule has 0 spiro atoms. The second-order valence-electron chi connectivity index (χ2n) is 8.69. The zero-order valence-electron chi connectivity index (χ0n) is 18.5. The molecule has 32 heavy (non-hydrogen) atoms. The van der Waals surface area contributed by atoms with E-state index in [1.165, 1.54) is 24.3 Å². The molecule has 0 aliphatic carbocycles. The molecule has 178 valence electrons. The Bertz CT molecular complexity index is 815. The van der Waals surface area contributed by atoms with Crippen LogP contribution < -0.4 is 0 Å². The Kier molecular flexibility index (Phi) is 9.64. The van der Waals surface area contributed by atoms with Crippen LogP contribution in [0, 0.1) is 11.8 Å². The largest absolute Gasteiger partial charge is 0.481 e. The van der Waals surface area contributed by atoms with Gasteiger partial charge < -0.3 is 15.1 Å². The number of carboxylic acids is 1. The normalized spacial score (nSPS) is 19.2. The molecule has 1 heterocycles. The number of hydrogen-bond donors (Lipinski definition) is 2. The molecule has 1 unspecified atom stereocenters. The van der Waals surface area contributed by atoms with Crippen molar-refractivity contribution in [1.82, 2.24) is 4.90 Å². The summed E-state index contributed by atoms with van der Waals surface area (Å²) in [5.41, 5.74) is -0.373.